The molecule has 1 aromatic rings. The summed E-state index contributed by atoms with van der Waals surface area (Å²) in [5.41, 5.74) is 0.378. The molecule has 6 heteroatoms. The number of rotatable bonds is 4. The summed E-state index contributed by atoms with van der Waals surface area (Å²) in [4.78, 5) is 11.9. The van der Waals surface area contributed by atoms with Gasteiger partial charge in [-0.05, 0) is 31.0 Å². The molecule has 1 fully saturated rings. The van der Waals surface area contributed by atoms with Gasteiger partial charge >= 0.3 is 0 Å². The van der Waals surface area contributed by atoms with Gasteiger partial charge in [0, 0.05) is 13.2 Å². The van der Waals surface area contributed by atoms with Crippen molar-refractivity contribution >= 4 is 17.5 Å². The predicted octanol–water partition coefficient (Wildman–Crippen LogP) is 2.05. The van der Waals surface area contributed by atoms with Gasteiger partial charge in [-0.25, -0.2) is 4.39 Å². The molecule has 0 radical (unpaired) electrons. The van der Waals surface area contributed by atoms with Crippen LogP contribution in [0.15, 0.2) is 18.2 Å². The normalized spacial score (nSPS) is 23.6. The lowest BCUT2D eigenvalue weighted by Crippen LogP contribution is -2.36. The largest absolute Gasteiger partial charge is 0.387 e. The average molecular weight is 302 g/mol. The van der Waals surface area contributed by atoms with Crippen LogP contribution in [0.25, 0.3) is 0 Å². The Hall–Kier alpha value is -1.17. The highest BCUT2D eigenvalue weighted by atomic mass is 35.5. The molecule has 0 saturated carbocycles. The maximum Gasteiger partial charge on any atom is 0.225 e. The fraction of sp³-hybridized carbons (Fsp3) is 0.500. The molecule has 1 heterocycles. The van der Waals surface area contributed by atoms with E-state index in [1.54, 1.807) is 0 Å². The van der Waals surface area contributed by atoms with Gasteiger partial charge in [-0.3, -0.25) is 4.79 Å². The number of carbonyl (C=O) groups is 1. The molecule has 0 aliphatic carbocycles. The molecule has 0 spiro atoms. The van der Waals surface area contributed by atoms with Crippen LogP contribution in [0.3, 0.4) is 0 Å². The summed E-state index contributed by atoms with van der Waals surface area (Å²) in [5.74, 6) is -0.931. The highest BCUT2D eigenvalue weighted by Crippen LogP contribution is 2.22. The van der Waals surface area contributed by atoms with Crippen LogP contribution in [0.1, 0.15) is 25.0 Å². The summed E-state index contributed by atoms with van der Waals surface area (Å²) < 4.78 is 18.6. The first kappa shape index (κ1) is 15.2. The highest BCUT2D eigenvalue weighted by molar-refractivity contribution is 6.30. The number of hydrogen-bond acceptors (Lipinski definition) is 3. The Morgan fingerprint density at radius 2 is 2.40 bits per heavy atom. The summed E-state index contributed by atoms with van der Waals surface area (Å²) >= 11 is 5.57. The Kier molecular flexibility index (Phi) is 4.96. The molecule has 0 bridgehead atoms. The van der Waals surface area contributed by atoms with Crippen LogP contribution in [0.2, 0.25) is 5.02 Å². The van der Waals surface area contributed by atoms with Crippen molar-refractivity contribution in [2.75, 3.05) is 13.2 Å². The van der Waals surface area contributed by atoms with E-state index in [2.05, 4.69) is 5.32 Å². The molecular formula is C14H17ClFNO3. The molecule has 1 saturated heterocycles. The van der Waals surface area contributed by atoms with Crippen molar-refractivity contribution in [3.05, 3.63) is 34.6 Å². The Morgan fingerprint density at radius 1 is 1.65 bits per heavy atom. The third-order valence-electron chi connectivity index (χ3n) is 3.51. The van der Waals surface area contributed by atoms with Gasteiger partial charge in [0.05, 0.1) is 23.1 Å². The fourth-order valence-electron chi connectivity index (χ4n) is 2.24. The third-order valence-corrected chi connectivity index (χ3v) is 3.82. The first-order valence-corrected chi connectivity index (χ1v) is 6.89. The molecule has 20 heavy (non-hydrogen) atoms. The minimum absolute atomic E-state index is 0.00177. The van der Waals surface area contributed by atoms with Gasteiger partial charge in [-0.1, -0.05) is 17.7 Å². The molecular weight excluding hydrogens is 285 g/mol. The monoisotopic (exact) mass is 301 g/mol. The van der Waals surface area contributed by atoms with Crippen LogP contribution in [-0.4, -0.2) is 30.3 Å². The van der Waals surface area contributed by atoms with Crippen molar-refractivity contribution in [3.63, 3.8) is 0 Å². The van der Waals surface area contributed by atoms with E-state index in [0.717, 1.165) is 0 Å². The lowest BCUT2D eigenvalue weighted by atomic mass is 10.0. The van der Waals surface area contributed by atoms with E-state index in [1.807, 2.05) is 6.92 Å². The van der Waals surface area contributed by atoms with Crippen LogP contribution in [0.5, 0.6) is 0 Å². The summed E-state index contributed by atoms with van der Waals surface area (Å²) in [7, 11) is 0. The van der Waals surface area contributed by atoms with E-state index in [-0.39, 0.29) is 29.5 Å². The van der Waals surface area contributed by atoms with Gasteiger partial charge in [-0.2, -0.15) is 0 Å². The summed E-state index contributed by atoms with van der Waals surface area (Å²) in [5, 5.41) is 12.6. The molecule has 2 rings (SSSR count). The number of nitrogens with one attached hydrogen (secondary N) is 1. The van der Waals surface area contributed by atoms with Crippen LogP contribution in [0.4, 0.5) is 4.39 Å². The summed E-state index contributed by atoms with van der Waals surface area (Å²) in [6.45, 7) is 2.45. The molecule has 3 unspecified atom stereocenters. The second-order valence-corrected chi connectivity index (χ2v) is 5.31. The average Bonchev–Trinajstić information content (AvgIpc) is 2.85. The lowest BCUT2D eigenvalue weighted by Gasteiger charge is -2.17. The first-order valence-electron chi connectivity index (χ1n) is 6.51. The maximum atomic E-state index is 13.3. The minimum atomic E-state index is -0.969. The van der Waals surface area contributed by atoms with E-state index in [9.17, 15) is 14.3 Å². The molecule has 1 amide bonds. The van der Waals surface area contributed by atoms with Crippen LogP contribution in [0, 0.1) is 11.7 Å². The van der Waals surface area contributed by atoms with Crippen LogP contribution < -0.4 is 5.32 Å². The van der Waals surface area contributed by atoms with E-state index in [0.29, 0.717) is 18.6 Å². The SMILES string of the molecule is CC1OCCC1C(=O)NCC(O)c1ccc(Cl)c(F)c1. The summed E-state index contributed by atoms with van der Waals surface area (Å²) in [6, 6.07) is 4.08. The van der Waals surface area contributed by atoms with Crippen molar-refractivity contribution in [1.82, 2.24) is 5.32 Å². The number of aliphatic hydroxyl groups is 1. The maximum absolute atomic E-state index is 13.3. The van der Waals surface area contributed by atoms with Crippen molar-refractivity contribution in [2.45, 2.75) is 25.6 Å². The van der Waals surface area contributed by atoms with Gasteiger partial charge in [-0.15, -0.1) is 0 Å². The molecule has 3 atom stereocenters. The van der Waals surface area contributed by atoms with E-state index in [4.69, 9.17) is 16.3 Å². The third kappa shape index (κ3) is 3.48. The molecule has 2 N–H and O–H groups in total. The van der Waals surface area contributed by atoms with Gasteiger partial charge in [0.15, 0.2) is 0 Å². The molecule has 4 nitrogen and oxygen atoms in total. The van der Waals surface area contributed by atoms with Crippen molar-refractivity contribution in [1.29, 1.82) is 0 Å². The Bertz CT molecular complexity index is 497. The van der Waals surface area contributed by atoms with Crippen molar-refractivity contribution in [3.8, 4) is 0 Å². The van der Waals surface area contributed by atoms with E-state index in [1.165, 1.54) is 18.2 Å². The number of benzene rings is 1. The fourth-order valence-corrected chi connectivity index (χ4v) is 2.36. The summed E-state index contributed by atoms with van der Waals surface area (Å²) in [6.07, 6.45) is -0.401. The lowest BCUT2D eigenvalue weighted by molar-refractivity contribution is -0.126. The number of carbonyl (C=O) groups excluding carboxylic acids is 1. The van der Waals surface area contributed by atoms with Crippen LogP contribution in [-0.2, 0) is 9.53 Å². The molecule has 1 aromatic carbocycles. The molecule has 1 aliphatic heterocycles. The second-order valence-electron chi connectivity index (χ2n) is 4.91. The number of amides is 1. The minimum Gasteiger partial charge on any atom is -0.387 e. The van der Waals surface area contributed by atoms with Crippen molar-refractivity contribution < 1.29 is 19.0 Å². The predicted molar refractivity (Wildman–Crippen MR) is 72.9 cm³/mol. The Balaban J connectivity index is 1.89. The number of halogens is 2. The zero-order chi connectivity index (χ0) is 14.7. The zero-order valence-corrected chi connectivity index (χ0v) is 11.9. The Labute approximate surface area is 121 Å². The molecule has 1 aliphatic rings. The molecule has 0 aromatic heterocycles. The smallest absolute Gasteiger partial charge is 0.225 e. The molecule has 110 valence electrons. The van der Waals surface area contributed by atoms with Gasteiger partial charge < -0.3 is 15.2 Å². The van der Waals surface area contributed by atoms with Crippen molar-refractivity contribution in [2.24, 2.45) is 5.92 Å². The quantitative estimate of drug-likeness (QED) is 0.895. The second kappa shape index (κ2) is 6.52. The van der Waals surface area contributed by atoms with Crippen LogP contribution >= 0.6 is 11.6 Å². The van der Waals surface area contributed by atoms with E-state index >= 15 is 0 Å². The zero-order valence-electron chi connectivity index (χ0n) is 11.1. The standard InChI is InChI=1S/C14H17ClFNO3/c1-8-10(4-5-20-8)14(19)17-7-13(18)9-2-3-11(15)12(16)6-9/h2-3,6,8,10,13,18H,4-5,7H2,1H3,(H,17,19). The topological polar surface area (TPSA) is 58.6 Å². The van der Waals surface area contributed by atoms with Gasteiger partial charge in [0.25, 0.3) is 0 Å². The van der Waals surface area contributed by atoms with Gasteiger partial charge in [0.2, 0.25) is 5.91 Å². The first-order chi connectivity index (χ1) is 9.49. The Morgan fingerprint density at radius 3 is 3.00 bits per heavy atom. The number of hydrogen-bond donors (Lipinski definition) is 2. The highest BCUT2D eigenvalue weighted by Gasteiger charge is 2.30. The number of ether oxygens (including phenoxy) is 1. The van der Waals surface area contributed by atoms with E-state index < -0.39 is 11.9 Å². The number of aliphatic hydroxyl groups excluding tert-OH is 1. The van der Waals surface area contributed by atoms with Gasteiger partial charge in [0.1, 0.15) is 5.82 Å².